The van der Waals surface area contributed by atoms with Crippen LogP contribution in [-0.4, -0.2) is 18.4 Å². The zero-order valence-corrected chi connectivity index (χ0v) is 10.7. The number of amides is 1. The lowest BCUT2D eigenvalue weighted by atomic mass is 9.83. The van der Waals surface area contributed by atoms with E-state index < -0.39 is 5.54 Å². The molecule has 0 aliphatic heterocycles. The smallest absolute Gasteiger partial charge is 0.210 e. The maximum atomic E-state index is 11.2. The molecule has 0 saturated heterocycles. The molecule has 0 unspecified atom stereocenters. The molecule has 0 saturated carbocycles. The number of hydrogen-bond donors (Lipinski definition) is 0. The van der Waals surface area contributed by atoms with Crippen LogP contribution in [0.2, 0.25) is 0 Å². The van der Waals surface area contributed by atoms with Gasteiger partial charge in [-0.1, -0.05) is 60.7 Å². The highest BCUT2D eigenvalue weighted by Crippen LogP contribution is 2.33. The first kappa shape index (κ1) is 12.4. The SMILES string of the molecule is CN(C=O)C(C)(c1ccccc1)c1ccccc1. The van der Waals surface area contributed by atoms with E-state index in [4.69, 9.17) is 0 Å². The number of nitrogens with zero attached hydrogens (tertiary/aromatic N) is 1. The topological polar surface area (TPSA) is 20.3 Å². The van der Waals surface area contributed by atoms with Crippen LogP contribution in [0.15, 0.2) is 60.7 Å². The summed E-state index contributed by atoms with van der Waals surface area (Å²) in [6.45, 7) is 2.06. The molecule has 0 N–H and O–H groups in total. The van der Waals surface area contributed by atoms with Gasteiger partial charge in [0.2, 0.25) is 6.41 Å². The van der Waals surface area contributed by atoms with Gasteiger partial charge in [-0.3, -0.25) is 4.79 Å². The van der Waals surface area contributed by atoms with Crippen LogP contribution in [0.25, 0.3) is 0 Å². The van der Waals surface area contributed by atoms with Gasteiger partial charge in [-0.15, -0.1) is 0 Å². The van der Waals surface area contributed by atoms with Gasteiger partial charge in [0.1, 0.15) is 0 Å². The first-order valence-corrected chi connectivity index (χ1v) is 5.99. The normalized spacial score (nSPS) is 11.0. The Morgan fingerprint density at radius 3 is 1.61 bits per heavy atom. The standard InChI is InChI=1S/C16H17NO/c1-16(17(2)13-18,14-9-5-3-6-10-14)15-11-7-4-8-12-15/h3-13H,1-2H3. The average molecular weight is 239 g/mol. The van der Waals surface area contributed by atoms with Crippen LogP contribution < -0.4 is 0 Å². The zero-order valence-electron chi connectivity index (χ0n) is 10.7. The predicted molar refractivity (Wildman–Crippen MR) is 73.2 cm³/mol. The van der Waals surface area contributed by atoms with Crippen molar-refractivity contribution >= 4 is 6.41 Å². The Labute approximate surface area is 108 Å². The summed E-state index contributed by atoms with van der Waals surface area (Å²) in [6, 6.07) is 20.1. The fraction of sp³-hybridized carbons (Fsp3) is 0.188. The third-order valence-electron chi connectivity index (χ3n) is 3.54. The Hall–Kier alpha value is -2.09. The molecule has 92 valence electrons. The van der Waals surface area contributed by atoms with Crippen molar-refractivity contribution in [2.45, 2.75) is 12.5 Å². The van der Waals surface area contributed by atoms with Crippen molar-refractivity contribution in [1.29, 1.82) is 0 Å². The van der Waals surface area contributed by atoms with Crippen molar-refractivity contribution in [1.82, 2.24) is 4.90 Å². The van der Waals surface area contributed by atoms with E-state index >= 15 is 0 Å². The van der Waals surface area contributed by atoms with Crippen molar-refractivity contribution in [2.75, 3.05) is 7.05 Å². The summed E-state index contributed by atoms with van der Waals surface area (Å²) < 4.78 is 0. The maximum Gasteiger partial charge on any atom is 0.210 e. The fourth-order valence-electron chi connectivity index (χ4n) is 2.20. The van der Waals surface area contributed by atoms with Crippen molar-refractivity contribution < 1.29 is 4.79 Å². The second kappa shape index (κ2) is 5.05. The molecule has 0 aliphatic carbocycles. The number of benzene rings is 2. The largest absolute Gasteiger partial charge is 0.335 e. The molecule has 0 radical (unpaired) electrons. The molecule has 2 aromatic carbocycles. The quantitative estimate of drug-likeness (QED) is 0.751. The molecule has 0 aliphatic rings. The van der Waals surface area contributed by atoms with Gasteiger partial charge in [-0.05, 0) is 18.1 Å². The van der Waals surface area contributed by atoms with Crippen LogP contribution in [0.4, 0.5) is 0 Å². The Morgan fingerprint density at radius 2 is 1.28 bits per heavy atom. The second-order valence-corrected chi connectivity index (χ2v) is 4.52. The predicted octanol–water partition coefficient (Wildman–Crippen LogP) is 3.04. The van der Waals surface area contributed by atoms with Gasteiger partial charge in [-0.2, -0.15) is 0 Å². The maximum absolute atomic E-state index is 11.2. The van der Waals surface area contributed by atoms with E-state index in [9.17, 15) is 4.79 Å². The van der Waals surface area contributed by atoms with Crippen molar-refractivity contribution in [3.8, 4) is 0 Å². The Kier molecular flexibility index (Phi) is 3.47. The van der Waals surface area contributed by atoms with Gasteiger partial charge in [0, 0.05) is 7.05 Å². The van der Waals surface area contributed by atoms with E-state index in [0.29, 0.717) is 0 Å². The third kappa shape index (κ3) is 2.02. The molecule has 18 heavy (non-hydrogen) atoms. The van der Waals surface area contributed by atoms with E-state index in [-0.39, 0.29) is 0 Å². The summed E-state index contributed by atoms with van der Waals surface area (Å²) in [7, 11) is 1.81. The van der Waals surface area contributed by atoms with Crippen LogP contribution >= 0.6 is 0 Å². The van der Waals surface area contributed by atoms with Crippen molar-refractivity contribution in [2.24, 2.45) is 0 Å². The number of carbonyl (C=O) groups excluding carboxylic acids is 1. The van der Waals surface area contributed by atoms with Gasteiger partial charge < -0.3 is 4.90 Å². The molecule has 2 heteroatoms. The minimum Gasteiger partial charge on any atom is -0.335 e. The molecule has 2 rings (SSSR count). The number of rotatable bonds is 4. The van der Waals surface area contributed by atoms with E-state index in [1.807, 2.05) is 67.7 Å². The Morgan fingerprint density at radius 1 is 0.889 bits per heavy atom. The molecule has 2 nitrogen and oxygen atoms in total. The van der Waals surface area contributed by atoms with Gasteiger partial charge >= 0.3 is 0 Å². The second-order valence-electron chi connectivity index (χ2n) is 4.52. The molecule has 0 aromatic heterocycles. The first-order chi connectivity index (χ1) is 8.69. The van der Waals surface area contributed by atoms with Gasteiger partial charge in [-0.25, -0.2) is 0 Å². The highest BCUT2D eigenvalue weighted by atomic mass is 16.1. The van der Waals surface area contributed by atoms with Crippen LogP contribution in [0.3, 0.4) is 0 Å². The monoisotopic (exact) mass is 239 g/mol. The molecule has 0 bridgehead atoms. The highest BCUT2D eigenvalue weighted by Gasteiger charge is 2.32. The van der Waals surface area contributed by atoms with E-state index in [2.05, 4.69) is 6.92 Å². The summed E-state index contributed by atoms with van der Waals surface area (Å²) >= 11 is 0. The summed E-state index contributed by atoms with van der Waals surface area (Å²) in [6.07, 6.45) is 0.875. The highest BCUT2D eigenvalue weighted by molar-refractivity contribution is 5.53. The minimum atomic E-state index is -0.440. The first-order valence-electron chi connectivity index (χ1n) is 5.99. The lowest BCUT2D eigenvalue weighted by Crippen LogP contribution is -2.41. The molecule has 2 aromatic rings. The summed E-state index contributed by atoms with van der Waals surface area (Å²) in [5, 5.41) is 0. The van der Waals surface area contributed by atoms with Crippen LogP contribution in [0.1, 0.15) is 18.1 Å². The van der Waals surface area contributed by atoms with E-state index in [1.54, 1.807) is 4.90 Å². The third-order valence-corrected chi connectivity index (χ3v) is 3.54. The van der Waals surface area contributed by atoms with Crippen LogP contribution in [0, 0.1) is 0 Å². The fourth-order valence-corrected chi connectivity index (χ4v) is 2.20. The molecule has 0 spiro atoms. The summed E-state index contributed by atoms with van der Waals surface area (Å²) in [5.74, 6) is 0. The Balaban J connectivity index is 2.59. The van der Waals surface area contributed by atoms with Crippen LogP contribution in [0.5, 0.6) is 0 Å². The van der Waals surface area contributed by atoms with Gasteiger partial charge in [0.05, 0.1) is 5.54 Å². The Bertz CT molecular complexity index is 468. The van der Waals surface area contributed by atoms with E-state index in [1.165, 1.54) is 0 Å². The van der Waals surface area contributed by atoms with Crippen molar-refractivity contribution in [3.05, 3.63) is 71.8 Å². The van der Waals surface area contributed by atoms with E-state index in [0.717, 1.165) is 17.5 Å². The molecule has 1 amide bonds. The molecular formula is C16H17NO. The van der Waals surface area contributed by atoms with Crippen LogP contribution in [-0.2, 0) is 10.3 Å². The lowest BCUT2D eigenvalue weighted by Gasteiger charge is -2.37. The van der Waals surface area contributed by atoms with Gasteiger partial charge in [0.15, 0.2) is 0 Å². The number of hydrogen-bond acceptors (Lipinski definition) is 1. The average Bonchev–Trinajstić information content (AvgIpc) is 2.47. The minimum absolute atomic E-state index is 0.440. The lowest BCUT2D eigenvalue weighted by molar-refractivity contribution is -0.120. The number of carbonyl (C=O) groups is 1. The molecule has 0 heterocycles. The molecule has 0 fully saturated rings. The summed E-state index contributed by atoms with van der Waals surface area (Å²) in [5.41, 5.74) is 1.76. The summed E-state index contributed by atoms with van der Waals surface area (Å²) in [4.78, 5) is 12.9. The zero-order chi connectivity index (χ0) is 13.0. The molecule has 0 atom stereocenters. The molecular weight excluding hydrogens is 222 g/mol. The van der Waals surface area contributed by atoms with Gasteiger partial charge in [0.25, 0.3) is 0 Å². The van der Waals surface area contributed by atoms with Crippen molar-refractivity contribution in [3.63, 3.8) is 0 Å².